The third kappa shape index (κ3) is 6.59. The summed E-state index contributed by atoms with van der Waals surface area (Å²) in [7, 11) is 0. The normalized spacial score (nSPS) is 11.8. The largest absolute Gasteiger partial charge is 0.355 e. The van der Waals surface area contributed by atoms with Crippen molar-refractivity contribution in [2.24, 2.45) is 0 Å². The zero-order chi connectivity index (χ0) is 15.8. The molecule has 0 aromatic heterocycles. The third-order valence-corrected chi connectivity index (χ3v) is 4.35. The molecular formula is C14H18Cl2N2O2S. The van der Waals surface area contributed by atoms with Crippen molar-refractivity contribution in [3.63, 3.8) is 0 Å². The van der Waals surface area contributed by atoms with Crippen LogP contribution in [0.25, 0.3) is 0 Å². The standard InChI is InChI=1S/C14H18Cl2N2O2S/c1-3-17-14(20)9(2)18-13(19)8-21-7-10-4-5-11(15)12(16)6-10/h4-6,9H,3,7-8H2,1-2H3,(H,17,20)(H,18,19)/t9-/m0/s1. The number of hydrogen-bond donors (Lipinski definition) is 2. The zero-order valence-corrected chi connectivity index (χ0v) is 14.2. The van der Waals surface area contributed by atoms with Crippen LogP contribution in [0.15, 0.2) is 18.2 Å². The van der Waals surface area contributed by atoms with Gasteiger partial charge in [0.05, 0.1) is 15.8 Å². The number of likely N-dealkylation sites (N-methyl/N-ethyl adjacent to an activating group) is 1. The Morgan fingerprint density at radius 2 is 2.00 bits per heavy atom. The minimum atomic E-state index is -0.525. The van der Waals surface area contributed by atoms with Gasteiger partial charge >= 0.3 is 0 Å². The van der Waals surface area contributed by atoms with Gasteiger partial charge in [-0.2, -0.15) is 0 Å². The van der Waals surface area contributed by atoms with E-state index >= 15 is 0 Å². The molecule has 0 fully saturated rings. The van der Waals surface area contributed by atoms with Gasteiger partial charge in [-0.25, -0.2) is 0 Å². The highest BCUT2D eigenvalue weighted by Crippen LogP contribution is 2.24. The maximum atomic E-state index is 11.7. The summed E-state index contributed by atoms with van der Waals surface area (Å²) in [4.78, 5) is 23.2. The second kappa shape index (κ2) is 9.18. The van der Waals surface area contributed by atoms with Crippen LogP contribution in [0, 0.1) is 0 Å². The van der Waals surface area contributed by atoms with Crippen LogP contribution >= 0.6 is 35.0 Å². The predicted octanol–water partition coefficient (Wildman–Crippen LogP) is 2.87. The molecular weight excluding hydrogens is 331 g/mol. The van der Waals surface area contributed by atoms with E-state index in [1.54, 1.807) is 19.1 Å². The summed E-state index contributed by atoms with van der Waals surface area (Å²) < 4.78 is 0. The second-order valence-corrected chi connectivity index (χ2v) is 6.23. The van der Waals surface area contributed by atoms with Crippen LogP contribution in [0.2, 0.25) is 10.0 Å². The summed E-state index contributed by atoms with van der Waals surface area (Å²) in [6.45, 7) is 4.04. The smallest absolute Gasteiger partial charge is 0.242 e. The number of benzene rings is 1. The van der Waals surface area contributed by atoms with Crippen LogP contribution in [0.1, 0.15) is 19.4 Å². The quantitative estimate of drug-likeness (QED) is 0.796. The molecule has 0 aliphatic heterocycles. The molecule has 0 spiro atoms. The Morgan fingerprint density at radius 1 is 1.29 bits per heavy atom. The summed E-state index contributed by atoms with van der Waals surface area (Å²) in [6, 6.07) is 4.86. The van der Waals surface area contributed by atoms with E-state index in [0.717, 1.165) is 5.56 Å². The molecule has 7 heteroatoms. The molecule has 0 unspecified atom stereocenters. The summed E-state index contributed by atoms with van der Waals surface area (Å²) in [5.41, 5.74) is 0.999. The van der Waals surface area contributed by atoms with Crippen LogP contribution in [-0.2, 0) is 15.3 Å². The molecule has 1 rings (SSSR count). The van der Waals surface area contributed by atoms with Crippen molar-refractivity contribution >= 4 is 46.8 Å². The lowest BCUT2D eigenvalue weighted by Gasteiger charge is -2.13. The van der Waals surface area contributed by atoms with Crippen LogP contribution in [0.4, 0.5) is 0 Å². The van der Waals surface area contributed by atoms with Crippen molar-refractivity contribution in [1.82, 2.24) is 10.6 Å². The van der Waals surface area contributed by atoms with E-state index in [-0.39, 0.29) is 17.6 Å². The van der Waals surface area contributed by atoms with Crippen molar-refractivity contribution in [2.75, 3.05) is 12.3 Å². The monoisotopic (exact) mass is 348 g/mol. The maximum Gasteiger partial charge on any atom is 0.242 e. The molecule has 21 heavy (non-hydrogen) atoms. The Kier molecular flexibility index (Phi) is 7.93. The summed E-state index contributed by atoms with van der Waals surface area (Å²) in [5, 5.41) is 6.33. The highest BCUT2D eigenvalue weighted by Gasteiger charge is 2.14. The summed E-state index contributed by atoms with van der Waals surface area (Å²) >= 11 is 13.2. The first-order valence-electron chi connectivity index (χ1n) is 6.52. The zero-order valence-electron chi connectivity index (χ0n) is 11.9. The molecule has 2 amide bonds. The molecule has 0 bridgehead atoms. The van der Waals surface area contributed by atoms with Crippen LogP contribution < -0.4 is 10.6 Å². The van der Waals surface area contributed by atoms with E-state index < -0.39 is 6.04 Å². The lowest BCUT2D eigenvalue weighted by molar-refractivity contribution is -0.127. The molecule has 0 heterocycles. The van der Waals surface area contributed by atoms with E-state index in [2.05, 4.69) is 10.6 Å². The number of halogens is 2. The predicted molar refractivity (Wildman–Crippen MR) is 88.9 cm³/mol. The van der Waals surface area contributed by atoms with Gasteiger partial charge in [-0.05, 0) is 31.5 Å². The molecule has 116 valence electrons. The van der Waals surface area contributed by atoms with Gasteiger partial charge in [-0.1, -0.05) is 29.3 Å². The molecule has 4 nitrogen and oxygen atoms in total. The van der Waals surface area contributed by atoms with Gasteiger partial charge in [0.25, 0.3) is 0 Å². The SMILES string of the molecule is CCNC(=O)[C@H](C)NC(=O)CSCc1ccc(Cl)c(Cl)c1. The van der Waals surface area contributed by atoms with Gasteiger partial charge in [0.2, 0.25) is 11.8 Å². The van der Waals surface area contributed by atoms with Crippen LogP contribution in [0.5, 0.6) is 0 Å². The molecule has 1 aromatic carbocycles. The molecule has 1 atom stereocenters. The average Bonchev–Trinajstić information content (AvgIpc) is 2.43. The number of amides is 2. The van der Waals surface area contributed by atoms with Crippen molar-refractivity contribution < 1.29 is 9.59 Å². The van der Waals surface area contributed by atoms with Crippen LogP contribution in [-0.4, -0.2) is 30.2 Å². The Balaban J connectivity index is 2.33. The average molecular weight is 349 g/mol. The van der Waals surface area contributed by atoms with Gasteiger partial charge in [-0.3, -0.25) is 9.59 Å². The van der Waals surface area contributed by atoms with Crippen molar-refractivity contribution in [3.8, 4) is 0 Å². The fourth-order valence-corrected chi connectivity index (χ4v) is 2.67. The molecule has 0 saturated heterocycles. The fourth-order valence-electron chi connectivity index (χ4n) is 1.57. The maximum absolute atomic E-state index is 11.7. The van der Waals surface area contributed by atoms with E-state index in [4.69, 9.17) is 23.2 Å². The van der Waals surface area contributed by atoms with Gasteiger partial charge in [0, 0.05) is 12.3 Å². The molecule has 1 aromatic rings. The number of carbonyl (C=O) groups excluding carboxylic acids is 2. The lowest BCUT2D eigenvalue weighted by Crippen LogP contribution is -2.45. The molecule has 2 N–H and O–H groups in total. The number of nitrogens with one attached hydrogen (secondary N) is 2. The Hall–Kier alpha value is -0.910. The lowest BCUT2D eigenvalue weighted by atomic mass is 10.2. The Labute approximate surface area is 139 Å². The van der Waals surface area contributed by atoms with Gasteiger partial charge in [0.1, 0.15) is 6.04 Å². The molecule has 0 aliphatic rings. The van der Waals surface area contributed by atoms with E-state index in [1.807, 2.05) is 13.0 Å². The van der Waals surface area contributed by atoms with E-state index in [1.165, 1.54) is 11.8 Å². The number of rotatable bonds is 7. The van der Waals surface area contributed by atoms with E-state index in [0.29, 0.717) is 22.3 Å². The summed E-state index contributed by atoms with van der Waals surface area (Å²) in [6.07, 6.45) is 0. The van der Waals surface area contributed by atoms with Gasteiger partial charge in [-0.15, -0.1) is 11.8 Å². The van der Waals surface area contributed by atoms with E-state index in [9.17, 15) is 9.59 Å². The minimum absolute atomic E-state index is 0.168. The number of thioether (sulfide) groups is 1. The Morgan fingerprint density at radius 3 is 2.62 bits per heavy atom. The van der Waals surface area contributed by atoms with Crippen molar-refractivity contribution in [2.45, 2.75) is 25.6 Å². The van der Waals surface area contributed by atoms with Crippen molar-refractivity contribution in [1.29, 1.82) is 0 Å². The first-order chi connectivity index (χ1) is 9.93. The van der Waals surface area contributed by atoms with Crippen molar-refractivity contribution in [3.05, 3.63) is 33.8 Å². The number of hydrogen-bond acceptors (Lipinski definition) is 3. The third-order valence-electron chi connectivity index (χ3n) is 2.61. The Bertz CT molecular complexity index is 512. The molecule has 0 saturated carbocycles. The first kappa shape index (κ1) is 18.1. The topological polar surface area (TPSA) is 58.2 Å². The first-order valence-corrected chi connectivity index (χ1v) is 8.43. The number of carbonyl (C=O) groups is 2. The van der Waals surface area contributed by atoms with Gasteiger partial charge < -0.3 is 10.6 Å². The highest BCUT2D eigenvalue weighted by atomic mass is 35.5. The molecule has 0 radical (unpaired) electrons. The highest BCUT2D eigenvalue weighted by molar-refractivity contribution is 7.99. The fraction of sp³-hybridized carbons (Fsp3) is 0.429. The minimum Gasteiger partial charge on any atom is -0.355 e. The second-order valence-electron chi connectivity index (χ2n) is 4.43. The van der Waals surface area contributed by atoms with Crippen LogP contribution in [0.3, 0.4) is 0 Å². The van der Waals surface area contributed by atoms with Gasteiger partial charge in [0.15, 0.2) is 0 Å². The summed E-state index contributed by atoms with van der Waals surface area (Å²) in [5.74, 6) is 0.586. The molecule has 0 aliphatic carbocycles.